The second-order valence-corrected chi connectivity index (χ2v) is 6.28. The minimum atomic E-state index is -0.653. The van der Waals surface area contributed by atoms with Crippen molar-refractivity contribution in [1.29, 1.82) is 0 Å². The smallest absolute Gasteiger partial charge is 0.197 e. The summed E-state index contributed by atoms with van der Waals surface area (Å²) in [6.07, 6.45) is 0. The lowest BCUT2D eigenvalue weighted by molar-refractivity contribution is 0.103. The van der Waals surface area contributed by atoms with Crippen LogP contribution >= 0.6 is 55.1 Å². The number of hydrogen-bond acceptors (Lipinski definition) is 1. The van der Waals surface area contributed by atoms with Crippen LogP contribution in [0.25, 0.3) is 0 Å². The van der Waals surface area contributed by atoms with Gasteiger partial charge in [0.05, 0.1) is 15.6 Å². The molecule has 0 aliphatic rings. The molecule has 0 atom stereocenters. The Bertz CT molecular complexity index is 674. The van der Waals surface area contributed by atoms with Crippen molar-refractivity contribution < 1.29 is 9.18 Å². The first-order chi connectivity index (χ1) is 8.90. The summed E-state index contributed by atoms with van der Waals surface area (Å²) >= 11 is 18.2. The van der Waals surface area contributed by atoms with Crippen LogP contribution in [-0.4, -0.2) is 5.78 Å². The van der Waals surface area contributed by atoms with Gasteiger partial charge in [-0.2, -0.15) is 0 Å². The third-order valence-electron chi connectivity index (χ3n) is 2.43. The van der Waals surface area contributed by atoms with Gasteiger partial charge in [0.15, 0.2) is 5.78 Å². The van der Waals surface area contributed by atoms with Crippen molar-refractivity contribution in [3.63, 3.8) is 0 Å². The molecule has 98 valence electrons. The van der Waals surface area contributed by atoms with Gasteiger partial charge in [-0.3, -0.25) is 4.79 Å². The largest absolute Gasteiger partial charge is 0.288 e. The molecule has 0 aliphatic carbocycles. The molecule has 0 amide bonds. The maximum Gasteiger partial charge on any atom is 0.197 e. The Morgan fingerprint density at radius 2 is 1.68 bits per heavy atom. The molecule has 2 rings (SSSR count). The number of carbonyl (C=O) groups is 1. The van der Waals surface area contributed by atoms with Crippen molar-refractivity contribution in [3.8, 4) is 0 Å². The molecule has 0 N–H and O–H groups in total. The highest BCUT2D eigenvalue weighted by Gasteiger charge is 2.18. The average Bonchev–Trinajstić information content (AvgIpc) is 2.33. The third-order valence-corrected chi connectivity index (χ3v) is 4.43. The molecule has 6 heteroatoms. The Morgan fingerprint density at radius 1 is 1.00 bits per heavy atom. The summed E-state index contributed by atoms with van der Waals surface area (Å²) in [4.78, 5) is 12.2. The fourth-order valence-corrected chi connectivity index (χ4v) is 2.75. The summed E-state index contributed by atoms with van der Waals surface area (Å²) in [5, 5.41) is 0.510. The zero-order chi connectivity index (χ0) is 14.2. The van der Waals surface area contributed by atoms with Gasteiger partial charge in [-0.15, -0.1) is 0 Å². The number of hydrogen-bond donors (Lipinski definition) is 0. The summed E-state index contributed by atoms with van der Waals surface area (Å²) < 4.78 is 14.9. The highest BCUT2D eigenvalue weighted by molar-refractivity contribution is 9.10. The van der Waals surface area contributed by atoms with Crippen LogP contribution in [0, 0.1) is 5.82 Å². The summed E-state index contributed by atoms with van der Waals surface area (Å²) in [6, 6.07) is 7.21. The SMILES string of the molecule is O=C(c1cc(Cl)c(Br)cc1F)c1ccc(Br)cc1Cl. The molecule has 2 aromatic carbocycles. The van der Waals surface area contributed by atoms with Crippen molar-refractivity contribution in [2.24, 2.45) is 0 Å². The lowest BCUT2D eigenvalue weighted by atomic mass is 10.0. The molecule has 0 saturated heterocycles. The second kappa shape index (κ2) is 5.92. The Kier molecular flexibility index (Phi) is 4.66. The van der Waals surface area contributed by atoms with Gasteiger partial charge in [-0.25, -0.2) is 4.39 Å². The van der Waals surface area contributed by atoms with Gasteiger partial charge in [0, 0.05) is 14.5 Å². The molecule has 0 bridgehead atoms. The van der Waals surface area contributed by atoms with Gasteiger partial charge in [0.2, 0.25) is 0 Å². The highest BCUT2D eigenvalue weighted by Crippen LogP contribution is 2.29. The van der Waals surface area contributed by atoms with E-state index in [1.165, 1.54) is 12.1 Å². The first kappa shape index (κ1) is 15.0. The van der Waals surface area contributed by atoms with Gasteiger partial charge < -0.3 is 0 Å². The van der Waals surface area contributed by atoms with Gasteiger partial charge >= 0.3 is 0 Å². The van der Waals surface area contributed by atoms with Crippen LogP contribution in [0.2, 0.25) is 10.0 Å². The summed E-state index contributed by atoms with van der Waals surface area (Å²) in [5.74, 6) is -1.16. The molecule has 0 spiro atoms. The third kappa shape index (κ3) is 3.19. The van der Waals surface area contributed by atoms with Crippen LogP contribution in [0.4, 0.5) is 4.39 Å². The molecule has 0 aromatic heterocycles. The maximum absolute atomic E-state index is 13.8. The summed E-state index contributed by atoms with van der Waals surface area (Å²) in [5.41, 5.74) is 0.111. The number of carbonyl (C=O) groups excluding carboxylic acids is 1. The number of ketones is 1. The fourth-order valence-electron chi connectivity index (χ4n) is 1.52. The van der Waals surface area contributed by atoms with Crippen molar-refractivity contribution in [3.05, 3.63) is 66.3 Å². The minimum Gasteiger partial charge on any atom is -0.288 e. The van der Waals surface area contributed by atoms with Crippen molar-refractivity contribution in [2.75, 3.05) is 0 Å². The van der Waals surface area contributed by atoms with E-state index in [1.54, 1.807) is 12.1 Å². The minimum absolute atomic E-state index is 0.113. The average molecular weight is 427 g/mol. The van der Waals surface area contributed by atoms with E-state index in [2.05, 4.69) is 31.9 Å². The molecule has 0 fully saturated rings. The van der Waals surface area contributed by atoms with Gasteiger partial charge in [-0.05, 0) is 46.3 Å². The topological polar surface area (TPSA) is 17.1 Å². The van der Waals surface area contributed by atoms with Crippen LogP contribution in [0.1, 0.15) is 15.9 Å². The van der Waals surface area contributed by atoms with Crippen LogP contribution in [0.15, 0.2) is 39.3 Å². The van der Waals surface area contributed by atoms with E-state index in [0.717, 1.165) is 10.5 Å². The molecule has 0 saturated carbocycles. The first-order valence-electron chi connectivity index (χ1n) is 5.04. The maximum atomic E-state index is 13.8. The van der Waals surface area contributed by atoms with Crippen molar-refractivity contribution in [2.45, 2.75) is 0 Å². The molecule has 1 nitrogen and oxygen atoms in total. The van der Waals surface area contributed by atoms with E-state index in [9.17, 15) is 9.18 Å². The van der Waals surface area contributed by atoms with E-state index >= 15 is 0 Å². The van der Waals surface area contributed by atoms with Gasteiger partial charge in [0.25, 0.3) is 0 Å². The lowest BCUT2D eigenvalue weighted by Gasteiger charge is -2.07. The van der Waals surface area contributed by atoms with Crippen molar-refractivity contribution >= 4 is 60.8 Å². The molecular weight excluding hydrogens is 422 g/mol. The predicted octanol–water partition coefficient (Wildman–Crippen LogP) is 5.89. The molecule has 0 heterocycles. The number of benzene rings is 2. The van der Waals surface area contributed by atoms with Crippen LogP contribution in [-0.2, 0) is 0 Å². The summed E-state index contributed by atoms with van der Waals surface area (Å²) in [6.45, 7) is 0. The Morgan fingerprint density at radius 3 is 2.32 bits per heavy atom. The quantitative estimate of drug-likeness (QED) is 0.432. The molecule has 0 unspecified atom stereocenters. The van der Waals surface area contributed by atoms with Gasteiger partial charge in [-0.1, -0.05) is 39.1 Å². The fraction of sp³-hybridized carbons (Fsp3) is 0. The van der Waals surface area contributed by atoms with Crippen LogP contribution in [0.5, 0.6) is 0 Å². The van der Waals surface area contributed by atoms with Gasteiger partial charge in [0.1, 0.15) is 5.82 Å². The number of rotatable bonds is 2. The molecule has 19 heavy (non-hydrogen) atoms. The van der Waals surface area contributed by atoms with Crippen LogP contribution < -0.4 is 0 Å². The van der Waals surface area contributed by atoms with E-state index in [1.807, 2.05) is 0 Å². The van der Waals surface area contributed by atoms with E-state index in [4.69, 9.17) is 23.2 Å². The van der Waals surface area contributed by atoms with E-state index in [-0.39, 0.29) is 21.2 Å². The second-order valence-electron chi connectivity index (χ2n) is 3.70. The van der Waals surface area contributed by atoms with Crippen molar-refractivity contribution in [1.82, 2.24) is 0 Å². The Hall–Kier alpha value is -0.420. The molecular formula is C13H5Br2Cl2FO. The van der Waals surface area contributed by atoms with Crippen LogP contribution in [0.3, 0.4) is 0 Å². The normalized spacial score (nSPS) is 10.6. The standard InChI is InChI=1S/C13H5Br2Cl2FO/c14-6-1-2-7(10(16)3-6)13(19)8-4-11(17)9(15)5-12(8)18/h1-5H. The predicted molar refractivity (Wildman–Crippen MR) is 81.7 cm³/mol. The monoisotopic (exact) mass is 424 g/mol. The zero-order valence-corrected chi connectivity index (χ0v) is 13.9. The first-order valence-corrected chi connectivity index (χ1v) is 7.38. The number of halogens is 5. The molecule has 2 aromatic rings. The summed E-state index contributed by atoms with van der Waals surface area (Å²) in [7, 11) is 0. The zero-order valence-electron chi connectivity index (χ0n) is 9.18. The Labute approximate surface area is 136 Å². The molecule has 0 aliphatic heterocycles. The van der Waals surface area contributed by atoms with E-state index in [0.29, 0.717) is 4.47 Å². The Balaban J connectivity index is 2.53. The van der Waals surface area contributed by atoms with E-state index < -0.39 is 11.6 Å². The molecule has 0 radical (unpaired) electrons. The lowest BCUT2D eigenvalue weighted by Crippen LogP contribution is -2.05. The highest BCUT2D eigenvalue weighted by atomic mass is 79.9.